The summed E-state index contributed by atoms with van der Waals surface area (Å²) in [7, 11) is 0. The molecule has 76 valence electrons. The first-order valence-corrected chi connectivity index (χ1v) is 5.45. The molecule has 1 aliphatic rings. The van der Waals surface area contributed by atoms with Crippen molar-refractivity contribution in [3.8, 4) is 0 Å². The maximum absolute atomic E-state index is 9.53. The lowest BCUT2D eigenvalue weighted by atomic mass is 9.88. The topological polar surface area (TPSA) is 20.2 Å². The maximum Gasteiger partial charge on any atom is 0.0591 e. The largest absolute Gasteiger partial charge is 0.390 e. The molecule has 1 aliphatic carbocycles. The van der Waals surface area contributed by atoms with E-state index in [9.17, 15) is 5.11 Å². The summed E-state index contributed by atoms with van der Waals surface area (Å²) in [4.78, 5) is 0. The first-order valence-electron chi connectivity index (χ1n) is 5.45. The molecule has 0 aromatic heterocycles. The number of allylic oxidation sites excluding steroid dienone is 2. The fourth-order valence-corrected chi connectivity index (χ4v) is 1.94. The minimum Gasteiger partial charge on any atom is -0.390 e. The van der Waals surface area contributed by atoms with Crippen LogP contribution in [-0.2, 0) is 0 Å². The molecule has 0 saturated carbocycles. The van der Waals surface area contributed by atoms with Gasteiger partial charge in [0, 0.05) is 0 Å². The van der Waals surface area contributed by atoms with Crippen molar-refractivity contribution in [2.75, 3.05) is 0 Å². The lowest BCUT2D eigenvalue weighted by Gasteiger charge is -2.21. The predicted octanol–water partition coefficient (Wildman–Crippen LogP) is 3.28. The summed E-state index contributed by atoms with van der Waals surface area (Å²) in [6.07, 6.45) is 11.8. The highest BCUT2D eigenvalue weighted by Gasteiger charge is 2.14. The van der Waals surface area contributed by atoms with E-state index in [1.807, 2.05) is 13.8 Å². The number of rotatable bonds is 4. The van der Waals surface area contributed by atoms with Crippen LogP contribution in [0.15, 0.2) is 12.2 Å². The van der Waals surface area contributed by atoms with Gasteiger partial charge < -0.3 is 5.11 Å². The number of hydrogen-bond donors (Lipinski definition) is 1. The van der Waals surface area contributed by atoms with Gasteiger partial charge in [0.2, 0.25) is 0 Å². The minimum absolute atomic E-state index is 0.468. The Morgan fingerprint density at radius 1 is 1.38 bits per heavy atom. The predicted molar refractivity (Wildman–Crippen MR) is 56.6 cm³/mol. The van der Waals surface area contributed by atoms with Gasteiger partial charge in [-0.2, -0.15) is 0 Å². The van der Waals surface area contributed by atoms with Crippen molar-refractivity contribution in [3.63, 3.8) is 0 Å². The molecule has 1 nitrogen and oxygen atoms in total. The first-order chi connectivity index (χ1) is 6.08. The molecule has 0 amide bonds. The van der Waals surface area contributed by atoms with E-state index in [-0.39, 0.29) is 0 Å². The number of aliphatic hydroxyl groups is 1. The Bertz CT molecular complexity index is 164. The Labute approximate surface area is 81.9 Å². The molecule has 0 fully saturated rings. The second-order valence-electron chi connectivity index (χ2n) is 4.86. The van der Waals surface area contributed by atoms with E-state index >= 15 is 0 Å². The molecule has 1 heteroatoms. The van der Waals surface area contributed by atoms with Crippen LogP contribution >= 0.6 is 0 Å². The highest BCUT2D eigenvalue weighted by Crippen LogP contribution is 2.25. The Morgan fingerprint density at radius 2 is 2.15 bits per heavy atom. The second-order valence-corrected chi connectivity index (χ2v) is 4.86. The molecule has 0 aromatic rings. The van der Waals surface area contributed by atoms with Crippen LogP contribution in [0.3, 0.4) is 0 Å². The van der Waals surface area contributed by atoms with Gasteiger partial charge in [-0.05, 0) is 45.4 Å². The standard InChI is InChI=1S/C12H22O/c1-12(2,13)10-6-9-11-7-4-3-5-8-11/h3-4,11,13H,5-10H2,1-2H3. The molecule has 0 saturated heterocycles. The van der Waals surface area contributed by atoms with Crippen molar-refractivity contribution >= 4 is 0 Å². The van der Waals surface area contributed by atoms with Gasteiger partial charge in [-0.1, -0.05) is 25.0 Å². The van der Waals surface area contributed by atoms with Crippen molar-refractivity contribution in [1.82, 2.24) is 0 Å². The third-order valence-electron chi connectivity index (χ3n) is 2.78. The Kier molecular flexibility index (Phi) is 3.98. The third-order valence-corrected chi connectivity index (χ3v) is 2.78. The average Bonchev–Trinajstić information content (AvgIpc) is 2.04. The third kappa shape index (κ3) is 5.09. The van der Waals surface area contributed by atoms with Gasteiger partial charge in [-0.3, -0.25) is 0 Å². The molecular formula is C12H22O. The van der Waals surface area contributed by atoms with Gasteiger partial charge in [-0.15, -0.1) is 0 Å². The smallest absolute Gasteiger partial charge is 0.0591 e. The molecule has 0 aromatic carbocycles. The second kappa shape index (κ2) is 4.80. The van der Waals surface area contributed by atoms with Crippen LogP contribution in [0.4, 0.5) is 0 Å². The van der Waals surface area contributed by atoms with E-state index in [4.69, 9.17) is 0 Å². The minimum atomic E-state index is -0.468. The molecule has 0 aliphatic heterocycles. The molecule has 0 heterocycles. The van der Waals surface area contributed by atoms with E-state index in [1.54, 1.807) is 0 Å². The zero-order valence-electron chi connectivity index (χ0n) is 8.92. The summed E-state index contributed by atoms with van der Waals surface area (Å²) in [5, 5.41) is 9.53. The lowest BCUT2D eigenvalue weighted by molar-refractivity contribution is 0.0666. The van der Waals surface area contributed by atoms with E-state index < -0.39 is 5.60 Å². The maximum atomic E-state index is 9.53. The van der Waals surface area contributed by atoms with Crippen LogP contribution in [0.2, 0.25) is 0 Å². The molecule has 0 bridgehead atoms. The van der Waals surface area contributed by atoms with E-state index in [0.29, 0.717) is 0 Å². The Hall–Kier alpha value is -0.300. The van der Waals surface area contributed by atoms with Crippen LogP contribution in [0.1, 0.15) is 52.4 Å². The van der Waals surface area contributed by atoms with Gasteiger partial charge >= 0.3 is 0 Å². The monoisotopic (exact) mass is 182 g/mol. The highest BCUT2D eigenvalue weighted by molar-refractivity contribution is 4.89. The Balaban J connectivity index is 2.09. The quantitative estimate of drug-likeness (QED) is 0.661. The molecule has 1 rings (SSSR count). The van der Waals surface area contributed by atoms with Crippen LogP contribution < -0.4 is 0 Å². The van der Waals surface area contributed by atoms with Crippen LogP contribution in [0.5, 0.6) is 0 Å². The van der Waals surface area contributed by atoms with Gasteiger partial charge in [0.05, 0.1) is 5.60 Å². The number of hydrogen-bond acceptors (Lipinski definition) is 1. The first kappa shape index (κ1) is 10.8. The summed E-state index contributed by atoms with van der Waals surface area (Å²) in [6.45, 7) is 3.79. The SMILES string of the molecule is CC(C)(O)CCCC1CC=CCC1. The average molecular weight is 182 g/mol. The van der Waals surface area contributed by atoms with Crippen molar-refractivity contribution in [2.45, 2.75) is 58.0 Å². The van der Waals surface area contributed by atoms with Crippen molar-refractivity contribution < 1.29 is 5.11 Å². The zero-order valence-corrected chi connectivity index (χ0v) is 8.92. The zero-order chi connectivity index (χ0) is 9.73. The Morgan fingerprint density at radius 3 is 2.69 bits per heavy atom. The summed E-state index contributed by atoms with van der Waals surface area (Å²) in [5.74, 6) is 0.882. The molecule has 13 heavy (non-hydrogen) atoms. The van der Waals surface area contributed by atoms with Crippen LogP contribution in [0, 0.1) is 5.92 Å². The summed E-state index contributed by atoms with van der Waals surface area (Å²) < 4.78 is 0. The van der Waals surface area contributed by atoms with Crippen molar-refractivity contribution in [2.24, 2.45) is 5.92 Å². The lowest BCUT2D eigenvalue weighted by Crippen LogP contribution is -2.18. The summed E-state index contributed by atoms with van der Waals surface area (Å²) in [5.41, 5.74) is -0.468. The normalized spacial score (nSPS) is 23.5. The molecule has 1 atom stereocenters. The van der Waals surface area contributed by atoms with Crippen LogP contribution in [0.25, 0.3) is 0 Å². The summed E-state index contributed by atoms with van der Waals surface area (Å²) >= 11 is 0. The van der Waals surface area contributed by atoms with E-state index in [0.717, 1.165) is 12.3 Å². The molecular weight excluding hydrogens is 160 g/mol. The fraction of sp³-hybridized carbons (Fsp3) is 0.833. The van der Waals surface area contributed by atoms with Gasteiger partial charge in [0.15, 0.2) is 0 Å². The molecule has 0 spiro atoms. The molecule has 1 N–H and O–H groups in total. The van der Waals surface area contributed by atoms with Gasteiger partial charge in [0.1, 0.15) is 0 Å². The molecule has 0 radical (unpaired) electrons. The van der Waals surface area contributed by atoms with Crippen LogP contribution in [-0.4, -0.2) is 10.7 Å². The van der Waals surface area contributed by atoms with Gasteiger partial charge in [0.25, 0.3) is 0 Å². The van der Waals surface area contributed by atoms with Gasteiger partial charge in [-0.25, -0.2) is 0 Å². The van der Waals surface area contributed by atoms with Crippen molar-refractivity contribution in [1.29, 1.82) is 0 Å². The highest BCUT2D eigenvalue weighted by atomic mass is 16.3. The summed E-state index contributed by atoms with van der Waals surface area (Å²) in [6, 6.07) is 0. The fourth-order valence-electron chi connectivity index (χ4n) is 1.94. The molecule has 1 unspecified atom stereocenters. The van der Waals surface area contributed by atoms with E-state index in [2.05, 4.69) is 12.2 Å². The van der Waals surface area contributed by atoms with Crippen molar-refractivity contribution in [3.05, 3.63) is 12.2 Å². The van der Waals surface area contributed by atoms with E-state index in [1.165, 1.54) is 32.1 Å².